The fourth-order valence-corrected chi connectivity index (χ4v) is 1.52. The zero-order chi connectivity index (χ0) is 13.3. The average molecular weight is 260 g/mol. The van der Waals surface area contributed by atoms with Gasteiger partial charge in [-0.15, -0.1) is 0 Å². The minimum Gasteiger partial charge on any atom is -0.493 e. The number of benzene rings is 1. The van der Waals surface area contributed by atoms with Crippen LogP contribution in [0.15, 0.2) is 18.2 Å². The predicted octanol–water partition coefficient (Wildman–Crippen LogP) is 1.17. The molecule has 1 saturated carbocycles. The number of halogens is 3. The summed E-state index contributed by atoms with van der Waals surface area (Å²) in [6.45, 7) is 0.363. The van der Waals surface area contributed by atoms with E-state index in [2.05, 4.69) is 0 Å². The van der Waals surface area contributed by atoms with E-state index >= 15 is 0 Å². The Morgan fingerprint density at radius 3 is 2.39 bits per heavy atom. The number of rotatable bonds is 4. The molecule has 0 heterocycles. The van der Waals surface area contributed by atoms with Crippen molar-refractivity contribution >= 4 is 12.6 Å². The standard InChI is InChI=1S/C11H12BF3O3/c13-11(14,15)8-3-9(12(16)17)5-10(4-8)18-6-7-1-2-7/h3-5,7,16-17H,1-2,6H2. The van der Waals surface area contributed by atoms with Gasteiger partial charge >= 0.3 is 13.3 Å². The molecule has 0 spiro atoms. The van der Waals surface area contributed by atoms with Crippen molar-refractivity contribution in [2.24, 2.45) is 5.92 Å². The van der Waals surface area contributed by atoms with Gasteiger partial charge < -0.3 is 14.8 Å². The second-order valence-corrected chi connectivity index (χ2v) is 4.42. The first-order valence-corrected chi connectivity index (χ1v) is 5.57. The molecule has 0 atom stereocenters. The third-order valence-electron chi connectivity index (χ3n) is 2.74. The molecule has 3 nitrogen and oxygen atoms in total. The van der Waals surface area contributed by atoms with Crippen LogP contribution in [0.2, 0.25) is 0 Å². The number of alkyl halides is 3. The van der Waals surface area contributed by atoms with Crippen molar-refractivity contribution in [2.45, 2.75) is 19.0 Å². The summed E-state index contributed by atoms with van der Waals surface area (Å²) >= 11 is 0. The van der Waals surface area contributed by atoms with Crippen molar-refractivity contribution in [2.75, 3.05) is 6.61 Å². The molecule has 2 rings (SSSR count). The zero-order valence-electron chi connectivity index (χ0n) is 9.44. The normalized spacial score (nSPS) is 15.6. The summed E-state index contributed by atoms with van der Waals surface area (Å²) in [7, 11) is -1.95. The van der Waals surface area contributed by atoms with Gasteiger partial charge in [-0.2, -0.15) is 13.2 Å². The van der Waals surface area contributed by atoms with E-state index in [0.717, 1.165) is 18.9 Å². The summed E-state index contributed by atoms with van der Waals surface area (Å²) in [5, 5.41) is 17.9. The van der Waals surface area contributed by atoms with Gasteiger partial charge in [-0.3, -0.25) is 0 Å². The van der Waals surface area contributed by atoms with Gasteiger partial charge in [0.2, 0.25) is 0 Å². The molecule has 1 aromatic carbocycles. The van der Waals surface area contributed by atoms with Crippen LogP contribution >= 0.6 is 0 Å². The van der Waals surface area contributed by atoms with E-state index in [1.807, 2.05) is 0 Å². The number of ether oxygens (including phenoxy) is 1. The molecule has 0 aliphatic heterocycles. The summed E-state index contributed by atoms with van der Waals surface area (Å²) in [5.74, 6) is 0.418. The lowest BCUT2D eigenvalue weighted by Gasteiger charge is -2.12. The summed E-state index contributed by atoms with van der Waals surface area (Å²) in [4.78, 5) is 0. The van der Waals surface area contributed by atoms with Crippen LogP contribution < -0.4 is 10.2 Å². The fraction of sp³-hybridized carbons (Fsp3) is 0.455. The molecule has 2 N–H and O–H groups in total. The lowest BCUT2D eigenvalue weighted by atomic mass is 9.79. The van der Waals surface area contributed by atoms with Crippen LogP contribution in [-0.4, -0.2) is 23.8 Å². The summed E-state index contributed by atoms with van der Waals surface area (Å²) in [5.41, 5.74) is -1.17. The second-order valence-electron chi connectivity index (χ2n) is 4.42. The largest absolute Gasteiger partial charge is 0.493 e. The Balaban J connectivity index is 2.23. The summed E-state index contributed by atoms with van der Waals surface area (Å²) in [6, 6.07) is 2.78. The van der Waals surface area contributed by atoms with E-state index in [1.54, 1.807) is 0 Å². The molecule has 0 radical (unpaired) electrons. The number of hydrogen-bond acceptors (Lipinski definition) is 3. The molecule has 1 fully saturated rings. The van der Waals surface area contributed by atoms with Crippen molar-refractivity contribution in [3.8, 4) is 5.75 Å². The highest BCUT2D eigenvalue weighted by atomic mass is 19.4. The van der Waals surface area contributed by atoms with Gasteiger partial charge in [0.15, 0.2) is 0 Å². The second kappa shape index (κ2) is 4.82. The van der Waals surface area contributed by atoms with Crippen LogP contribution in [0.3, 0.4) is 0 Å². The number of hydrogen-bond donors (Lipinski definition) is 2. The average Bonchev–Trinajstić information content (AvgIpc) is 3.08. The summed E-state index contributed by atoms with van der Waals surface area (Å²) < 4.78 is 43.0. The molecular weight excluding hydrogens is 248 g/mol. The molecule has 1 aliphatic carbocycles. The van der Waals surface area contributed by atoms with Crippen LogP contribution in [0.5, 0.6) is 5.75 Å². The van der Waals surface area contributed by atoms with Gasteiger partial charge in [0.1, 0.15) is 5.75 Å². The molecule has 98 valence electrons. The lowest BCUT2D eigenvalue weighted by molar-refractivity contribution is -0.137. The lowest BCUT2D eigenvalue weighted by Crippen LogP contribution is -2.31. The van der Waals surface area contributed by atoms with E-state index in [0.29, 0.717) is 18.6 Å². The highest BCUT2D eigenvalue weighted by Crippen LogP contribution is 2.32. The Bertz CT molecular complexity index is 430. The van der Waals surface area contributed by atoms with Crippen LogP contribution in [-0.2, 0) is 6.18 Å². The molecule has 0 saturated heterocycles. The Morgan fingerprint density at radius 2 is 1.89 bits per heavy atom. The predicted molar refractivity (Wildman–Crippen MR) is 59.5 cm³/mol. The van der Waals surface area contributed by atoms with Crippen molar-refractivity contribution in [1.82, 2.24) is 0 Å². The Labute approximate surface area is 102 Å². The van der Waals surface area contributed by atoms with E-state index in [-0.39, 0.29) is 11.2 Å². The molecule has 1 aliphatic rings. The third-order valence-corrected chi connectivity index (χ3v) is 2.74. The molecule has 0 bridgehead atoms. The monoisotopic (exact) mass is 260 g/mol. The van der Waals surface area contributed by atoms with E-state index in [4.69, 9.17) is 14.8 Å². The van der Waals surface area contributed by atoms with E-state index in [1.165, 1.54) is 6.07 Å². The molecule has 18 heavy (non-hydrogen) atoms. The summed E-state index contributed by atoms with van der Waals surface area (Å²) in [6.07, 6.45) is -2.49. The maximum atomic E-state index is 12.6. The molecule has 1 aromatic rings. The highest BCUT2D eigenvalue weighted by molar-refractivity contribution is 6.58. The van der Waals surface area contributed by atoms with Crippen molar-refractivity contribution in [3.63, 3.8) is 0 Å². The quantitative estimate of drug-likeness (QED) is 0.799. The van der Waals surface area contributed by atoms with Crippen molar-refractivity contribution < 1.29 is 28.0 Å². The van der Waals surface area contributed by atoms with Crippen LogP contribution in [0.25, 0.3) is 0 Å². The minimum atomic E-state index is -4.54. The molecular formula is C11H12BF3O3. The zero-order valence-corrected chi connectivity index (χ0v) is 9.44. The fourth-order valence-electron chi connectivity index (χ4n) is 1.52. The maximum absolute atomic E-state index is 12.6. The van der Waals surface area contributed by atoms with Gasteiger partial charge in [-0.25, -0.2) is 0 Å². The highest BCUT2D eigenvalue weighted by Gasteiger charge is 2.32. The molecule has 7 heteroatoms. The first kappa shape index (κ1) is 13.2. The Hall–Kier alpha value is -1.21. The third kappa shape index (κ3) is 3.40. The SMILES string of the molecule is OB(O)c1cc(OCC2CC2)cc(C(F)(F)F)c1. The van der Waals surface area contributed by atoms with Crippen molar-refractivity contribution in [3.05, 3.63) is 23.8 Å². The van der Waals surface area contributed by atoms with Gasteiger partial charge in [0, 0.05) is 0 Å². The topological polar surface area (TPSA) is 49.7 Å². The minimum absolute atomic E-state index is 0.0137. The first-order valence-electron chi connectivity index (χ1n) is 5.57. The Kier molecular flexibility index (Phi) is 3.54. The first-order chi connectivity index (χ1) is 8.36. The molecule has 0 aromatic heterocycles. The van der Waals surface area contributed by atoms with E-state index < -0.39 is 18.9 Å². The van der Waals surface area contributed by atoms with Gasteiger partial charge in [-0.1, -0.05) is 0 Å². The van der Waals surface area contributed by atoms with E-state index in [9.17, 15) is 13.2 Å². The Morgan fingerprint density at radius 1 is 1.22 bits per heavy atom. The smallest absolute Gasteiger partial charge is 0.488 e. The van der Waals surface area contributed by atoms with Gasteiger partial charge in [-0.05, 0) is 42.4 Å². The van der Waals surface area contributed by atoms with Crippen molar-refractivity contribution in [1.29, 1.82) is 0 Å². The van der Waals surface area contributed by atoms with Gasteiger partial charge in [0.25, 0.3) is 0 Å². The van der Waals surface area contributed by atoms with Gasteiger partial charge in [0.05, 0.1) is 12.2 Å². The maximum Gasteiger partial charge on any atom is 0.488 e. The van der Waals surface area contributed by atoms with Crippen LogP contribution in [0, 0.1) is 5.92 Å². The molecule has 0 amide bonds. The molecule has 0 unspecified atom stereocenters. The van der Waals surface area contributed by atoms with Crippen LogP contribution in [0.4, 0.5) is 13.2 Å². The van der Waals surface area contributed by atoms with Crippen LogP contribution in [0.1, 0.15) is 18.4 Å².